The molecule has 0 saturated carbocycles. The molecule has 10 heteroatoms. The van der Waals surface area contributed by atoms with Gasteiger partial charge in [-0.15, -0.1) is 0 Å². The second kappa shape index (κ2) is 11.4. The summed E-state index contributed by atoms with van der Waals surface area (Å²) in [6.45, 7) is 8.02. The SMILES string of the molecule is COC(=O)c1cc(C)[nH]c1/C=C1\C(=O)Nc2ccc(-c3ccccc3OCCCNC(=O)OC(C)(C)C)nc21. The Bertz CT molecular complexity index is 1430. The molecule has 3 aromatic rings. The number of esters is 1. The number of nitrogens with one attached hydrogen (secondary N) is 3. The van der Waals surface area contributed by atoms with E-state index in [9.17, 15) is 14.4 Å². The summed E-state index contributed by atoms with van der Waals surface area (Å²) in [5.74, 6) is -0.198. The van der Waals surface area contributed by atoms with Gasteiger partial charge < -0.3 is 29.8 Å². The molecule has 10 nitrogen and oxygen atoms in total. The minimum atomic E-state index is -0.554. The summed E-state index contributed by atoms with van der Waals surface area (Å²) in [6.07, 6.45) is 1.72. The first-order chi connectivity index (χ1) is 18.6. The summed E-state index contributed by atoms with van der Waals surface area (Å²) in [4.78, 5) is 44.7. The van der Waals surface area contributed by atoms with E-state index in [1.165, 1.54) is 7.11 Å². The van der Waals surface area contributed by atoms with Gasteiger partial charge in [0.2, 0.25) is 0 Å². The Morgan fingerprint density at radius 3 is 2.64 bits per heavy atom. The van der Waals surface area contributed by atoms with Crippen molar-refractivity contribution in [2.45, 2.75) is 39.7 Å². The number of hydrogen-bond acceptors (Lipinski definition) is 7. The fourth-order valence-corrected chi connectivity index (χ4v) is 4.06. The standard InChI is InChI=1S/C29H32N4O6/c1-17-15-19(27(35)37-5)23(31-17)16-20-25-22(33-26(20)34)12-11-21(32-25)18-9-6-7-10-24(18)38-14-8-13-30-28(36)39-29(2,3)4/h6-7,9-12,15-16,31H,8,13-14H2,1-5H3,(H,30,36)(H,33,34)/b20-16-. The molecule has 2 aromatic heterocycles. The Morgan fingerprint density at radius 2 is 1.90 bits per heavy atom. The van der Waals surface area contributed by atoms with Crippen LogP contribution in [0.15, 0.2) is 42.5 Å². The molecule has 0 atom stereocenters. The zero-order chi connectivity index (χ0) is 28.2. The number of aromatic amines is 1. The van der Waals surface area contributed by atoms with E-state index >= 15 is 0 Å². The van der Waals surface area contributed by atoms with Crippen molar-refractivity contribution in [2.75, 3.05) is 25.6 Å². The number of carbonyl (C=O) groups excluding carboxylic acids is 3. The molecule has 4 rings (SSSR count). The number of carbonyl (C=O) groups is 3. The first-order valence-electron chi connectivity index (χ1n) is 12.6. The second-order valence-electron chi connectivity index (χ2n) is 10.0. The minimum Gasteiger partial charge on any atom is -0.493 e. The van der Waals surface area contributed by atoms with Crippen LogP contribution < -0.4 is 15.4 Å². The Balaban J connectivity index is 1.52. The number of nitrogens with zero attached hydrogens (tertiary/aromatic N) is 1. The number of pyridine rings is 1. The Labute approximate surface area is 226 Å². The highest BCUT2D eigenvalue weighted by molar-refractivity contribution is 6.34. The molecule has 1 aliphatic rings. The summed E-state index contributed by atoms with van der Waals surface area (Å²) in [6, 6.07) is 12.8. The van der Waals surface area contributed by atoms with Gasteiger partial charge in [0.1, 0.15) is 17.0 Å². The molecule has 39 heavy (non-hydrogen) atoms. The first kappa shape index (κ1) is 27.4. The summed E-state index contributed by atoms with van der Waals surface area (Å²) in [7, 11) is 1.31. The number of para-hydroxylation sites is 1. The van der Waals surface area contributed by atoms with Crippen molar-refractivity contribution >= 4 is 35.3 Å². The van der Waals surface area contributed by atoms with E-state index in [1.54, 1.807) is 18.2 Å². The first-order valence-corrected chi connectivity index (χ1v) is 12.6. The van der Waals surface area contributed by atoms with Crippen molar-refractivity contribution in [1.29, 1.82) is 0 Å². The number of amides is 2. The summed E-state index contributed by atoms with van der Waals surface area (Å²) >= 11 is 0. The van der Waals surface area contributed by atoms with Crippen molar-refractivity contribution in [2.24, 2.45) is 0 Å². The van der Waals surface area contributed by atoms with Crippen molar-refractivity contribution in [1.82, 2.24) is 15.3 Å². The van der Waals surface area contributed by atoms with Crippen LogP contribution in [-0.2, 0) is 14.3 Å². The molecule has 0 saturated heterocycles. The lowest BCUT2D eigenvalue weighted by atomic mass is 10.1. The van der Waals surface area contributed by atoms with Gasteiger partial charge in [-0.3, -0.25) is 4.79 Å². The average molecular weight is 533 g/mol. The van der Waals surface area contributed by atoms with Crippen LogP contribution in [0.25, 0.3) is 22.9 Å². The summed E-state index contributed by atoms with van der Waals surface area (Å²) in [5, 5.41) is 5.54. The van der Waals surface area contributed by atoms with Gasteiger partial charge in [-0.2, -0.15) is 0 Å². The van der Waals surface area contributed by atoms with E-state index in [0.29, 0.717) is 59.2 Å². The number of rotatable bonds is 8. The minimum absolute atomic E-state index is 0.320. The third-order valence-corrected chi connectivity index (χ3v) is 5.73. The number of fused-ring (bicyclic) bond motifs is 1. The normalized spacial score (nSPS) is 13.6. The monoisotopic (exact) mass is 532 g/mol. The third kappa shape index (κ3) is 6.64. The highest BCUT2D eigenvalue weighted by atomic mass is 16.6. The zero-order valence-electron chi connectivity index (χ0n) is 22.6. The molecular weight excluding hydrogens is 500 g/mol. The molecule has 2 amide bonds. The maximum absolute atomic E-state index is 12.8. The van der Waals surface area contributed by atoms with Crippen molar-refractivity contribution < 1.29 is 28.6 Å². The zero-order valence-corrected chi connectivity index (χ0v) is 22.6. The van der Waals surface area contributed by atoms with E-state index in [-0.39, 0.29) is 5.91 Å². The molecule has 204 valence electrons. The van der Waals surface area contributed by atoms with Crippen LogP contribution in [0.1, 0.15) is 54.6 Å². The predicted molar refractivity (Wildman–Crippen MR) is 147 cm³/mol. The Hall–Kier alpha value is -4.60. The number of anilines is 1. The molecular formula is C29H32N4O6. The van der Waals surface area contributed by atoms with Gasteiger partial charge in [0.15, 0.2) is 0 Å². The summed E-state index contributed by atoms with van der Waals surface area (Å²) < 4.78 is 16.1. The Morgan fingerprint density at radius 1 is 1.13 bits per heavy atom. The number of aromatic nitrogens is 2. The number of H-pyrrole nitrogens is 1. The molecule has 1 aromatic carbocycles. The molecule has 0 bridgehead atoms. The van der Waals surface area contributed by atoms with Gasteiger partial charge in [0, 0.05) is 17.8 Å². The highest BCUT2D eigenvalue weighted by Gasteiger charge is 2.28. The quantitative estimate of drug-likeness (QED) is 0.212. The lowest BCUT2D eigenvalue weighted by molar-refractivity contribution is -0.110. The van der Waals surface area contributed by atoms with Gasteiger partial charge in [0.25, 0.3) is 5.91 Å². The molecule has 0 aliphatic carbocycles. The van der Waals surface area contributed by atoms with Gasteiger partial charge in [-0.05, 0) is 70.5 Å². The molecule has 3 N–H and O–H groups in total. The maximum Gasteiger partial charge on any atom is 0.407 e. The van der Waals surface area contributed by atoms with Crippen molar-refractivity contribution in [3.05, 3.63) is 65.1 Å². The van der Waals surface area contributed by atoms with Crippen LogP contribution >= 0.6 is 0 Å². The van der Waals surface area contributed by atoms with E-state index in [4.69, 9.17) is 19.2 Å². The maximum atomic E-state index is 12.8. The van der Waals surface area contributed by atoms with Crippen LogP contribution in [0.4, 0.5) is 10.5 Å². The number of hydrogen-bond donors (Lipinski definition) is 3. The fourth-order valence-electron chi connectivity index (χ4n) is 4.06. The van der Waals surface area contributed by atoms with Crippen molar-refractivity contribution in [3.8, 4) is 17.0 Å². The van der Waals surface area contributed by atoms with Crippen LogP contribution in [0.5, 0.6) is 5.75 Å². The number of methoxy groups -OCH3 is 1. The molecule has 1 aliphatic heterocycles. The van der Waals surface area contributed by atoms with E-state index in [1.807, 2.05) is 58.0 Å². The lowest BCUT2D eigenvalue weighted by Gasteiger charge is -2.19. The largest absolute Gasteiger partial charge is 0.493 e. The molecule has 0 unspecified atom stereocenters. The number of aryl methyl sites for hydroxylation is 1. The van der Waals surface area contributed by atoms with Gasteiger partial charge >= 0.3 is 12.1 Å². The van der Waals surface area contributed by atoms with Crippen LogP contribution in [-0.4, -0.2) is 53.8 Å². The predicted octanol–water partition coefficient (Wildman–Crippen LogP) is 4.96. The van der Waals surface area contributed by atoms with Gasteiger partial charge in [0.05, 0.1) is 41.9 Å². The van der Waals surface area contributed by atoms with Crippen LogP contribution in [0.2, 0.25) is 0 Å². The lowest BCUT2D eigenvalue weighted by Crippen LogP contribution is -2.33. The molecule has 0 spiro atoms. The average Bonchev–Trinajstić information content (AvgIpc) is 3.41. The van der Waals surface area contributed by atoms with Crippen molar-refractivity contribution in [3.63, 3.8) is 0 Å². The highest BCUT2D eigenvalue weighted by Crippen LogP contribution is 2.36. The summed E-state index contributed by atoms with van der Waals surface area (Å²) in [5.41, 5.74) is 3.75. The molecule has 0 radical (unpaired) electrons. The van der Waals surface area contributed by atoms with E-state index in [2.05, 4.69) is 15.6 Å². The van der Waals surface area contributed by atoms with Crippen LogP contribution in [0.3, 0.4) is 0 Å². The smallest absolute Gasteiger partial charge is 0.407 e. The second-order valence-corrected chi connectivity index (χ2v) is 10.0. The topological polar surface area (TPSA) is 132 Å². The van der Waals surface area contributed by atoms with Gasteiger partial charge in [-0.1, -0.05) is 12.1 Å². The Kier molecular flexibility index (Phi) is 8.04. The fraction of sp³-hybridized carbons (Fsp3) is 0.310. The third-order valence-electron chi connectivity index (χ3n) is 5.73. The van der Waals surface area contributed by atoms with E-state index < -0.39 is 17.7 Å². The van der Waals surface area contributed by atoms with E-state index in [0.717, 1.165) is 11.3 Å². The number of alkyl carbamates (subject to hydrolysis) is 1. The van der Waals surface area contributed by atoms with Gasteiger partial charge in [-0.25, -0.2) is 14.6 Å². The molecule has 3 heterocycles. The number of ether oxygens (including phenoxy) is 3. The number of benzene rings is 1. The molecule has 0 fully saturated rings. The van der Waals surface area contributed by atoms with Crippen LogP contribution in [0, 0.1) is 6.92 Å².